The maximum Gasteiger partial charge on any atom is 0.263 e. The van der Waals surface area contributed by atoms with Crippen molar-refractivity contribution in [3.05, 3.63) is 47.1 Å². The number of hydrogen-bond donors (Lipinski definition) is 1. The van der Waals surface area contributed by atoms with Gasteiger partial charge in [-0.15, -0.1) is 11.3 Å². The van der Waals surface area contributed by atoms with Crippen LogP contribution in [-0.2, 0) is 0 Å². The Labute approximate surface area is 134 Å². The lowest BCUT2D eigenvalue weighted by Gasteiger charge is -2.28. The van der Waals surface area contributed by atoms with Crippen molar-refractivity contribution in [2.24, 2.45) is 11.1 Å². The third-order valence-corrected chi connectivity index (χ3v) is 4.63. The third-order valence-electron chi connectivity index (χ3n) is 3.51. The molecular formula is C17H21FN2OS. The number of benzene rings is 1. The van der Waals surface area contributed by atoms with Crippen molar-refractivity contribution in [3.63, 3.8) is 0 Å². The first kappa shape index (κ1) is 16.6. The van der Waals surface area contributed by atoms with E-state index in [0.29, 0.717) is 18.0 Å². The molecule has 118 valence electrons. The summed E-state index contributed by atoms with van der Waals surface area (Å²) in [6, 6.07) is 10.00. The lowest BCUT2D eigenvalue weighted by Crippen LogP contribution is -2.39. The first-order chi connectivity index (χ1) is 10.3. The molecule has 1 aromatic heterocycles. The molecule has 0 spiro atoms. The van der Waals surface area contributed by atoms with Crippen LogP contribution in [0.1, 0.15) is 23.5 Å². The van der Waals surface area contributed by atoms with Gasteiger partial charge in [-0.3, -0.25) is 4.79 Å². The van der Waals surface area contributed by atoms with Crippen LogP contribution < -0.4 is 5.73 Å². The largest absolute Gasteiger partial charge is 0.340 e. The van der Waals surface area contributed by atoms with Crippen molar-refractivity contribution in [1.82, 2.24) is 4.90 Å². The molecule has 0 atom stereocenters. The number of halogens is 1. The van der Waals surface area contributed by atoms with E-state index in [1.807, 2.05) is 26.0 Å². The molecule has 0 aliphatic carbocycles. The second-order valence-electron chi connectivity index (χ2n) is 6.20. The molecule has 0 aliphatic heterocycles. The zero-order chi connectivity index (χ0) is 16.3. The topological polar surface area (TPSA) is 46.3 Å². The highest BCUT2D eigenvalue weighted by Gasteiger charge is 2.22. The normalized spacial score (nSPS) is 11.5. The summed E-state index contributed by atoms with van der Waals surface area (Å²) in [5.41, 5.74) is 6.52. The van der Waals surface area contributed by atoms with Gasteiger partial charge in [0, 0.05) is 18.5 Å². The van der Waals surface area contributed by atoms with Gasteiger partial charge in [-0.1, -0.05) is 26.0 Å². The highest BCUT2D eigenvalue weighted by atomic mass is 32.1. The van der Waals surface area contributed by atoms with E-state index >= 15 is 0 Å². The maximum absolute atomic E-state index is 13.0. The van der Waals surface area contributed by atoms with Crippen molar-refractivity contribution < 1.29 is 9.18 Å². The van der Waals surface area contributed by atoms with Gasteiger partial charge in [-0.05, 0) is 41.8 Å². The maximum atomic E-state index is 13.0. The molecule has 0 radical (unpaired) electrons. The molecule has 0 saturated heterocycles. The predicted octanol–water partition coefficient (Wildman–Crippen LogP) is 3.61. The molecule has 3 nitrogen and oxygen atoms in total. The van der Waals surface area contributed by atoms with E-state index in [1.54, 1.807) is 24.1 Å². The number of hydrogen-bond acceptors (Lipinski definition) is 3. The van der Waals surface area contributed by atoms with E-state index in [9.17, 15) is 9.18 Å². The van der Waals surface area contributed by atoms with Crippen LogP contribution in [0.2, 0.25) is 0 Å². The Morgan fingerprint density at radius 1 is 1.23 bits per heavy atom. The van der Waals surface area contributed by atoms with E-state index in [-0.39, 0.29) is 17.1 Å². The Bertz CT molecular complexity index is 649. The van der Waals surface area contributed by atoms with Gasteiger partial charge in [0.05, 0.1) is 4.88 Å². The average Bonchev–Trinajstić information content (AvgIpc) is 2.96. The minimum Gasteiger partial charge on any atom is -0.340 e. The highest BCUT2D eigenvalue weighted by Crippen LogP contribution is 2.29. The Balaban J connectivity index is 2.13. The van der Waals surface area contributed by atoms with Gasteiger partial charge < -0.3 is 10.6 Å². The lowest BCUT2D eigenvalue weighted by atomic mass is 9.93. The summed E-state index contributed by atoms with van der Waals surface area (Å²) < 4.78 is 13.0. The van der Waals surface area contributed by atoms with Gasteiger partial charge in [0.15, 0.2) is 0 Å². The van der Waals surface area contributed by atoms with Crippen molar-refractivity contribution in [3.8, 4) is 10.4 Å². The van der Waals surface area contributed by atoms with Crippen LogP contribution in [0.3, 0.4) is 0 Å². The Kier molecular flexibility index (Phi) is 4.98. The number of amides is 1. The van der Waals surface area contributed by atoms with E-state index in [2.05, 4.69) is 0 Å². The molecule has 0 saturated carbocycles. The Morgan fingerprint density at radius 2 is 1.86 bits per heavy atom. The summed E-state index contributed by atoms with van der Waals surface area (Å²) in [6.45, 7) is 5.20. The number of thiophene rings is 1. The monoisotopic (exact) mass is 320 g/mol. The van der Waals surface area contributed by atoms with Gasteiger partial charge >= 0.3 is 0 Å². The molecule has 0 unspecified atom stereocenters. The lowest BCUT2D eigenvalue weighted by molar-refractivity contribution is 0.0745. The summed E-state index contributed by atoms with van der Waals surface area (Å²) in [6.07, 6.45) is 0. The number of nitrogens with zero attached hydrogens (tertiary/aromatic N) is 1. The molecule has 0 bridgehead atoms. The zero-order valence-corrected chi connectivity index (χ0v) is 13.9. The molecule has 5 heteroatoms. The molecule has 2 N–H and O–H groups in total. The molecule has 22 heavy (non-hydrogen) atoms. The van der Waals surface area contributed by atoms with E-state index in [0.717, 1.165) is 10.4 Å². The van der Waals surface area contributed by atoms with Gasteiger partial charge in [0.1, 0.15) is 5.82 Å². The fraction of sp³-hybridized carbons (Fsp3) is 0.353. The summed E-state index contributed by atoms with van der Waals surface area (Å²) in [4.78, 5) is 15.8. The molecule has 0 aliphatic rings. The number of carbonyl (C=O) groups is 1. The van der Waals surface area contributed by atoms with Crippen LogP contribution in [0.25, 0.3) is 10.4 Å². The fourth-order valence-corrected chi connectivity index (χ4v) is 3.19. The number of rotatable bonds is 5. The SMILES string of the molecule is CN(CC(C)(C)CN)C(=O)c1ccc(-c2ccc(F)cc2)s1. The van der Waals surface area contributed by atoms with E-state index in [1.165, 1.54) is 23.5 Å². The van der Waals surface area contributed by atoms with Crippen molar-refractivity contribution in [1.29, 1.82) is 0 Å². The first-order valence-corrected chi connectivity index (χ1v) is 7.95. The molecular weight excluding hydrogens is 299 g/mol. The van der Waals surface area contributed by atoms with E-state index in [4.69, 9.17) is 5.73 Å². The highest BCUT2D eigenvalue weighted by molar-refractivity contribution is 7.17. The zero-order valence-electron chi connectivity index (χ0n) is 13.1. The fourth-order valence-electron chi connectivity index (χ4n) is 2.19. The van der Waals surface area contributed by atoms with Gasteiger partial charge in [-0.2, -0.15) is 0 Å². The Hall–Kier alpha value is -1.72. The van der Waals surface area contributed by atoms with Crippen LogP contribution >= 0.6 is 11.3 Å². The van der Waals surface area contributed by atoms with Gasteiger partial charge in [-0.25, -0.2) is 4.39 Å². The quantitative estimate of drug-likeness (QED) is 0.915. The van der Waals surface area contributed by atoms with Crippen LogP contribution in [0.5, 0.6) is 0 Å². The average molecular weight is 320 g/mol. The second-order valence-corrected chi connectivity index (χ2v) is 7.28. The molecule has 1 amide bonds. The number of nitrogens with two attached hydrogens (primary N) is 1. The summed E-state index contributed by atoms with van der Waals surface area (Å²) >= 11 is 1.42. The first-order valence-electron chi connectivity index (χ1n) is 7.14. The van der Waals surface area contributed by atoms with Crippen LogP contribution in [0.4, 0.5) is 4.39 Å². The molecule has 0 fully saturated rings. The van der Waals surface area contributed by atoms with Crippen molar-refractivity contribution >= 4 is 17.2 Å². The summed E-state index contributed by atoms with van der Waals surface area (Å²) in [7, 11) is 1.79. The van der Waals surface area contributed by atoms with Crippen LogP contribution in [0, 0.1) is 11.2 Å². The minimum absolute atomic E-state index is 0.0140. The van der Waals surface area contributed by atoms with Crippen LogP contribution in [0.15, 0.2) is 36.4 Å². The number of carbonyl (C=O) groups excluding carboxylic acids is 1. The second kappa shape index (κ2) is 6.58. The predicted molar refractivity (Wildman–Crippen MR) is 89.5 cm³/mol. The summed E-state index contributed by atoms with van der Waals surface area (Å²) in [5.74, 6) is -0.278. The third kappa shape index (κ3) is 3.93. The molecule has 1 aromatic carbocycles. The molecule has 2 rings (SSSR count). The van der Waals surface area contributed by atoms with Gasteiger partial charge in [0.2, 0.25) is 0 Å². The van der Waals surface area contributed by atoms with Crippen LogP contribution in [-0.4, -0.2) is 30.9 Å². The molecule has 2 aromatic rings. The smallest absolute Gasteiger partial charge is 0.263 e. The van der Waals surface area contributed by atoms with E-state index < -0.39 is 0 Å². The van der Waals surface area contributed by atoms with Crippen molar-refractivity contribution in [2.45, 2.75) is 13.8 Å². The standard InChI is InChI=1S/C17H21FN2OS/c1-17(2,10-19)11-20(3)16(21)15-9-8-14(22-15)12-4-6-13(18)7-5-12/h4-9H,10-11,19H2,1-3H3. The Morgan fingerprint density at radius 3 is 2.45 bits per heavy atom. The minimum atomic E-state index is -0.264. The van der Waals surface area contributed by atoms with Gasteiger partial charge in [0.25, 0.3) is 5.91 Å². The summed E-state index contributed by atoms with van der Waals surface area (Å²) in [5, 5.41) is 0. The van der Waals surface area contributed by atoms with Crippen molar-refractivity contribution in [2.75, 3.05) is 20.1 Å². The molecule has 1 heterocycles.